The van der Waals surface area contributed by atoms with E-state index in [-0.39, 0.29) is 11.5 Å². The number of nitrogens with one attached hydrogen (secondary N) is 1. The summed E-state index contributed by atoms with van der Waals surface area (Å²) >= 11 is 0. The zero-order chi connectivity index (χ0) is 14.0. The largest absolute Gasteiger partial charge is 0.398 e. The van der Waals surface area contributed by atoms with Crippen LogP contribution in [-0.2, 0) is 0 Å². The Hall–Kier alpha value is -2.36. The third kappa shape index (κ3) is 3.10. The Morgan fingerprint density at radius 2 is 1.89 bits per heavy atom. The molecular weight excluding hydrogens is 243 g/mol. The molecule has 0 unspecified atom stereocenters. The molecule has 2 rings (SSSR count). The first-order valence-electron chi connectivity index (χ1n) is 5.90. The molecule has 0 aromatic heterocycles. The molecule has 0 saturated heterocycles. The zero-order valence-corrected chi connectivity index (χ0v) is 10.8. The number of rotatable bonds is 2. The number of hydrogen-bond donors (Lipinski definition) is 2. The molecular formula is C15H15FN2O. The minimum absolute atomic E-state index is 0.289. The van der Waals surface area contributed by atoms with Gasteiger partial charge in [0.1, 0.15) is 5.82 Å². The molecule has 0 radical (unpaired) electrons. The third-order valence-corrected chi connectivity index (χ3v) is 2.84. The average Bonchev–Trinajstić information content (AvgIpc) is 2.32. The molecule has 2 aromatic rings. The van der Waals surface area contributed by atoms with E-state index in [4.69, 9.17) is 5.73 Å². The second kappa shape index (κ2) is 5.10. The van der Waals surface area contributed by atoms with Crippen molar-refractivity contribution in [2.45, 2.75) is 13.8 Å². The normalized spacial score (nSPS) is 10.3. The number of benzene rings is 2. The van der Waals surface area contributed by atoms with E-state index in [0.29, 0.717) is 16.9 Å². The Kier molecular flexibility index (Phi) is 3.51. The first-order chi connectivity index (χ1) is 8.95. The molecule has 1 amide bonds. The van der Waals surface area contributed by atoms with Crippen LogP contribution in [0.5, 0.6) is 0 Å². The number of carbonyl (C=O) groups is 1. The van der Waals surface area contributed by atoms with Crippen molar-refractivity contribution in [3.63, 3.8) is 0 Å². The van der Waals surface area contributed by atoms with Crippen LogP contribution in [0.1, 0.15) is 21.5 Å². The van der Waals surface area contributed by atoms with Gasteiger partial charge in [0.2, 0.25) is 0 Å². The van der Waals surface area contributed by atoms with Crippen LogP contribution in [0.2, 0.25) is 0 Å². The van der Waals surface area contributed by atoms with E-state index < -0.39 is 5.82 Å². The summed E-state index contributed by atoms with van der Waals surface area (Å²) in [6.45, 7) is 3.63. The molecule has 0 bridgehead atoms. The molecule has 0 spiro atoms. The number of aryl methyl sites for hydroxylation is 2. The van der Waals surface area contributed by atoms with Gasteiger partial charge in [0.15, 0.2) is 0 Å². The summed E-state index contributed by atoms with van der Waals surface area (Å²) in [5.74, 6) is -0.778. The van der Waals surface area contributed by atoms with Gasteiger partial charge in [-0.25, -0.2) is 4.39 Å². The molecule has 0 heterocycles. The number of carbonyl (C=O) groups excluding carboxylic acids is 1. The average molecular weight is 258 g/mol. The molecule has 0 aliphatic rings. The number of halogens is 1. The second-order valence-corrected chi connectivity index (χ2v) is 4.54. The van der Waals surface area contributed by atoms with Crippen LogP contribution >= 0.6 is 0 Å². The van der Waals surface area contributed by atoms with Gasteiger partial charge in [-0.2, -0.15) is 0 Å². The lowest BCUT2D eigenvalue weighted by molar-refractivity contribution is 0.102. The minimum Gasteiger partial charge on any atom is -0.398 e. The summed E-state index contributed by atoms with van der Waals surface area (Å²) < 4.78 is 13.2. The maximum atomic E-state index is 13.2. The number of hydrogen-bond acceptors (Lipinski definition) is 2. The van der Waals surface area contributed by atoms with Crippen LogP contribution in [0.3, 0.4) is 0 Å². The highest BCUT2D eigenvalue weighted by Crippen LogP contribution is 2.18. The van der Waals surface area contributed by atoms with Gasteiger partial charge in [-0.15, -0.1) is 0 Å². The predicted octanol–water partition coefficient (Wildman–Crippen LogP) is 3.28. The fraction of sp³-hybridized carbons (Fsp3) is 0.133. The van der Waals surface area contributed by atoms with E-state index in [2.05, 4.69) is 5.32 Å². The van der Waals surface area contributed by atoms with Crippen molar-refractivity contribution in [2.75, 3.05) is 11.1 Å². The van der Waals surface area contributed by atoms with E-state index in [0.717, 1.165) is 5.56 Å². The zero-order valence-electron chi connectivity index (χ0n) is 10.8. The second-order valence-electron chi connectivity index (χ2n) is 4.54. The molecule has 2 aromatic carbocycles. The Morgan fingerprint density at radius 3 is 2.53 bits per heavy atom. The molecule has 0 saturated carbocycles. The molecule has 0 fully saturated rings. The van der Waals surface area contributed by atoms with Crippen molar-refractivity contribution in [1.82, 2.24) is 0 Å². The number of anilines is 2. The lowest BCUT2D eigenvalue weighted by atomic mass is 10.1. The Morgan fingerprint density at radius 1 is 1.16 bits per heavy atom. The van der Waals surface area contributed by atoms with Gasteiger partial charge < -0.3 is 11.1 Å². The van der Waals surface area contributed by atoms with Gasteiger partial charge in [-0.05, 0) is 55.3 Å². The van der Waals surface area contributed by atoms with Crippen LogP contribution < -0.4 is 11.1 Å². The maximum absolute atomic E-state index is 13.2. The van der Waals surface area contributed by atoms with Crippen LogP contribution in [0, 0.1) is 19.7 Å². The van der Waals surface area contributed by atoms with Crippen LogP contribution in [0.4, 0.5) is 15.8 Å². The van der Waals surface area contributed by atoms with E-state index in [1.807, 2.05) is 13.0 Å². The molecule has 98 valence electrons. The fourth-order valence-electron chi connectivity index (χ4n) is 1.79. The number of amides is 1. The Labute approximate surface area is 111 Å². The van der Waals surface area contributed by atoms with Gasteiger partial charge in [0, 0.05) is 16.9 Å². The lowest BCUT2D eigenvalue weighted by Crippen LogP contribution is -2.12. The first kappa shape index (κ1) is 13.1. The molecule has 0 aliphatic heterocycles. The SMILES string of the molecule is Cc1cc(F)cc(C(=O)Nc2ccc(C)c(N)c2)c1. The summed E-state index contributed by atoms with van der Waals surface area (Å²) in [5, 5.41) is 2.70. The lowest BCUT2D eigenvalue weighted by Gasteiger charge is -2.08. The monoisotopic (exact) mass is 258 g/mol. The van der Waals surface area contributed by atoms with Crippen molar-refractivity contribution in [2.24, 2.45) is 0 Å². The van der Waals surface area contributed by atoms with Crippen molar-refractivity contribution < 1.29 is 9.18 Å². The smallest absolute Gasteiger partial charge is 0.255 e. The quantitative estimate of drug-likeness (QED) is 0.812. The van der Waals surface area contributed by atoms with Crippen molar-refractivity contribution in [3.8, 4) is 0 Å². The van der Waals surface area contributed by atoms with Crippen LogP contribution in [-0.4, -0.2) is 5.91 Å². The summed E-state index contributed by atoms with van der Waals surface area (Å²) in [6, 6.07) is 9.48. The standard InChI is InChI=1S/C15H15FN2O/c1-9-5-11(7-12(16)6-9)15(19)18-13-4-3-10(2)14(17)8-13/h3-8H,17H2,1-2H3,(H,18,19). The third-order valence-electron chi connectivity index (χ3n) is 2.84. The van der Waals surface area contributed by atoms with Crippen molar-refractivity contribution in [1.29, 1.82) is 0 Å². The molecule has 0 atom stereocenters. The Balaban J connectivity index is 2.22. The molecule has 3 nitrogen and oxygen atoms in total. The number of nitrogens with two attached hydrogens (primary N) is 1. The van der Waals surface area contributed by atoms with E-state index >= 15 is 0 Å². The van der Waals surface area contributed by atoms with Gasteiger partial charge in [0.05, 0.1) is 0 Å². The highest BCUT2D eigenvalue weighted by molar-refractivity contribution is 6.04. The van der Waals surface area contributed by atoms with E-state index in [1.165, 1.54) is 12.1 Å². The van der Waals surface area contributed by atoms with Gasteiger partial charge in [-0.1, -0.05) is 6.07 Å². The van der Waals surface area contributed by atoms with Crippen molar-refractivity contribution in [3.05, 3.63) is 58.9 Å². The predicted molar refractivity (Wildman–Crippen MR) is 74.7 cm³/mol. The number of nitrogen functional groups attached to an aromatic ring is 1. The van der Waals surface area contributed by atoms with E-state index in [1.54, 1.807) is 25.1 Å². The summed E-state index contributed by atoms with van der Waals surface area (Å²) in [6.07, 6.45) is 0. The molecule has 19 heavy (non-hydrogen) atoms. The molecule has 0 aliphatic carbocycles. The maximum Gasteiger partial charge on any atom is 0.255 e. The van der Waals surface area contributed by atoms with Gasteiger partial charge in [0.25, 0.3) is 5.91 Å². The summed E-state index contributed by atoms with van der Waals surface area (Å²) in [5.41, 5.74) is 8.90. The van der Waals surface area contributed by atoms with E-state index in [9.17, 15) is 9.18 Å². The van der Waals surface area contributed by atoms with Crippen LogP contribution in [0.25, 0.3) is 0 Å². The fourth-order valence-corrected chi connectivity index (χ4v) is 1.79. The minimum atomic E-state index is -0.423. The highest BCUT2D eigenvalue weighted by atomic mass is 19.1. The topological polar surface area (TPSA) is 55.1 Å². The highest BCUT2D eigenvalue weighted by Gasteiger charge is 2.08. The first-order valence-corrected chi connectivity index (χ1v) is 5.90. The van der Waals surface area contributed by atoms with Crippen molar-refractivity contribution >= 4 is 17.3 Å². The summed E-state index contributed by atoms with van der Waals surface area (Å²) in [7, 11) is 0. The molecule has 3 N–H and O–H groups in total. The van der Waals surface area contributed by atoms with Gasteiger partial charge >= 0.3 is 0 Å². The molecule has 4 heteroatoms. The Bertz CT molecular complexity index is 618. The van der Waals surface area contributed by atoms with Crippen LogP contribution in [0.15, 0.2) is 36.4 Å². The summed E-state index contributed by atoms with van der Waals surface area (Å²) in [4.78, 5) is 12.0. The van der Waals surface area contributed by atoms with Gasteiger partial charge in [-0.3, -0.25) is 4.79 Å².